The lowest BCUT2D eigenvalue weighted by atomic mass is 10.3. The van der Waals surface area contributed by atoms with E-state index in [9.17, 15) is 8.42 Å². The molecule has 110 valence electrons. The van der Waals surface area contributed by atoms with E-state index in [1.54, 1.807) is 13.8 Å². The molecule has 0 saturated carbocycles. The fraction of sp³-hybridized carbons (Fsp3) is 0.462. The summed E-state index contributed by atoms with van der Waals surface area (Å²) in [4.78, 5) is 4.35. The highest BCUT2D eigenvalue weighted by atomic mass is 32.2. The summed E-state index contributed by atoms with van der Waals surface area (Å²) in [7, 11) is -3.39. The molecule has 2 aromatic heterocycles. The van der Waals surface area contributed by atoms with Crippen LogP contribution in [-0.2, 0) is 16.6 Å². The summed E-state index contributed by atoms with van der Waals surface area (Å²) in [6.45, 7) is 3.97. The van der Waals surface area contributed by atoms with Crippen molar-refractivity contribution in [3.63, 3.8) is 0 Å². The van der Waals surface area contributed by atoms with E-state index in [4.69, 9.17) is 0 Å². The molecular weight excluding hydrogens is 276 g/mol. The molecule has 0 radical (unpaired) electrons. The third kappa shape index (κ3) is 4.03. The lowest BCUT2D eigenvalue weighted by molar-refractivity contribution is 0.552. The maximum absolute atomic E-state index is 11.6. The summed E-state index contributed by atoms with van der Waals surface area (Å²) in [5.74, 6) is 0.941. The van der Waals surface area contributed by atoms with Crippen LogP contribution in [0.3, 0.4) is 0 Å². The molecule has 0 aliphatic rings. The summed E-state index contributed by atoms with van der Waals surface area (Å²) in [5.41, 5.74) is 1.05. The van der Waals surface area contributed by atoms with E-state index in [0.717, 1.165) is 17.8 Å². The third-order valence-corrected chi connectivity index (χ3v) is 4.14. The van der Waals surface area contributed by atoms with Crippen LogP contribution in [0.4, 0.5) is 0 Å². The first kappa shape index (κ1) is 15.0. The van der Waals surface area contributed by atoms with Crippen molar-refractivity contribution in [3.8, 4) is 0 Å². The van der Waals surface area contributed by atoms with Gasteiger partial charge in [0.25, 0.3) is 10.2 Å². The molecule has 2 rings (SSSR count). The Morgan fingerprint density at radius 2 is 2.15 bits per heavy atom. The second kappa shape index (κ2) is 6.34. The molecule has 0 aliphatic heterocycles. The minimum atomic E-state index is -3.39. The smallest absolute Gasteiger partial charge is 0.277 e. The van der Waals surface area contributed by atoms with E-state index in [1.165, 1.54) is 0 Å². The first-order valence-corrected chi connectivity index (χ1v) is 8.14. The van der Waals surface area contributed by atoms with E-state index >= 15 is 0 Å². The van der Waals surface area contributed by atoms with Gasteiger partial charge in [-0.1, -0.05) is 6.07 Å². The van der Waals surface area contributed by atoms with Gasteiger partial charge in [0.15, 0.2) is 0 Å². The molecule has 0 aliphatic carbocycles. The third-order valence-electron chi connectivity index (χ3n) is 2.78. The number of hydrogen-bond acceptors (Lipinski definition) is 3. The zero-order valence-corrected chi connectivity index (χ0v) is 12.5. The number of nitrogens with zero attached hydrogens (tertiary/aromatic N) is 2. The van der Waals surface area contributed by atoms with Crippen molar-refractivity contribution >= 4 is 15.7 Å². The molecule has 0 amide bonds. The quantitative estimate of drug-likeness (QED) is 0.751. The predicted molar refractivity (Wildman–Crippen MR) is 78.7 cm³/mol. The minimum absolute atomic E-state index is 0.108. The Hall–Kier alpha value is -1.44. The SMILES string of the molecule is CC(C)NS(=O)(=O)NCCCc1ncc2ccccn12. The Labute approximate surface area is 119 Å². The number of hydrogen-bond donors (Lipinski definition) is 2. The van der Waals surface area contributed by atoms with Crippen molar-refractivity contribution in [2.45, 2.75) is 32.7 Å². The van der Waals surface area contributed by atoms with Gasteiger partial charge in [0.05, 0.1) is 11.7 Å². The second-order valence-corrected chi connectivity index (χ2v) is 6.48. The number of nitrogens with one attached hydrogen (secondary N) is 2. The normalized spacial score (nSPS) is 12.3. The lowest BCUT2D eigenvalue weighted by Crippen LogP contribution is -2.40. The molecule has 0 unspecified atom stereocenters. The van der Waals surface area contributed by atoms with Crippen molar-refractivity contribution < 1.29 is 8.42 Å². The highest BCUT2D eigenvalue weighted by Crippen LogP contribution is 2.07. The first-order valence-electron chi connectivity index (χ1n) is 6.66. The Balaban J connectivity index is 1.85. The fourth-order valence-electron chi connectivity index (χ4n) is 1.99. The number of fused-ring (bicyclic) bond motifs is 1. The monoisotopic (exact) mass is 296 g/mol. The maximum atomic E-state index is 11.6. The number of aryl methyl sites for hydroxylation is 1. The summed E-state index contributed by atoms with van der Waals surface area (Å²) < 4.78 is 30.2. The maximum Gasteiger partial charge on any atom is 0.277 e. The zero-order chi connectivity index (χ0) is 14.6. The second-order valence-electron chi connectivity index (χ2n) is 4.94. The number of imidazole rings is 1. The van der Waals surface area contributed by atoms with Crippen LogP contribution >= 0.6 is 0 Å². The van der Waals surface area contributed by atoms with Gasteiger partial charge in [-0.3, -0.25) is 0 Å². The fourth-order valence-corrected chi connectivity index (χ4v) is 3.11. The van der Waals surface area contributed by atoms with Gasteiger partial charge in [-0.15, -0.1) is 0 Å². The molecule has 2 N–H and O–H groups in total. The Morgan fingerprint density at radius 1 is 1.35 bits per heavy atom. The molecule has 2 heterocycles. The van der Waals surface area contributed by atoms with Crippen molar-refractivity contribution in [1.29, 1.82) is 0 Å². The molecular formula is C13H20N4O2S. The molecule has 0 spiro atoms. The molecule has 2 aromatic rings. The van der Waals surface area contributed by atoms with Crippen LogP contribution < -0.4 is 9.44 Å². The van der Waals surface area contributed by atoms with Crippen LogP contribution in [-0.4, -0.2) is 30.4 Å². The van der Waals surface area contributed by atoms with Crippen LogP contribution in [0.2, 0.25) is 0 Å². The van der Waals surface area contributed by atoms with Crippen LogP contribution in [0, 0.1) is 0 Å². The number of aromatic nitrogens is 2. The topological polar surface area (TPSA) is 75.5 Å². The van der Waals surface area contributed by atoms with Gasteiger partial charge in [0.2, 0.25) is 0 Å². The van der Waals surface area contributed by atoms with Crippen molar-refractivity contribution in [2.75, 3.05) is 6.54 Å². The van der Waals surface area contributed by atoms with Gasteiger partial charge < -0.3 is 4.40 Å². The van der Waals surface area contributed by atoms with Gasteiger partial charge in [-0.25, -0.2) is 9.71 Å². The number of rotatable bonds is 7. The predicted octanol–water partition coefficient (Wildman–Crippen LogP) is 1.10. The molecule has 0 bridgehead atoms. The van der Waals surface area contributed by atoms with E-state index in [0.29, 0.717) is 13.0 Å². The summed E-state index contributed by atoms with van der Waals surface area (Å²) >= 11 is 0. The molecule has 6 nitrogen and oxygen atoms in total. The largest absolute Gasteiger partial charge is 0.304 e. The van der Waals surface area contributed by atoms with Gasteiger partial charge in [0, 0.05) is 25.2 Å². The van der Waals surface area contributed by atoms with Gasteiger partial charge >= 0.3 is 0 Å². The zero-order valence-electron chi connectivity index (χ0n) is 11.7. The summed E-state index contributed by atoms with van der Waals surface area (Å²) in [6.07, 6.45) is 5.21. The first-order chi connectivity index (χ1) is 9.48. The molecule has 0 fully saturated rings. The van der Waals surface area contributed by atoms with E-state index in [1.807, 2.05) is 35.0 Å². The van der Waals surface area contributed by atoms with Crippen molar-refractivity contribution in [3.05, 3.63) is 36.4 Å². The Morgan fingerprint density at radius 3 is 2.90 bits per heavy atom. The molecule has 0 atom stereocenters. The van der Waals surface area contributed by atoms with Gasteiger partial charge in [0.1, 0.15) is 5.82 Å². The standard InChI is InChI=1S/C13H20N4O2S/c1-11(2)16-20(18,19)15-8-5-7-13-14-10-12-6-3-4-9-17(12)13/h3-4,6,9-11,15-16H,5,7-8H2,1-2H3. The van der Waals surface area contributed by atoms with E-state index < -0.39 is 10.2 Å². The highest BCUT2D eigenvalue weighted by molar-refractivity contribution is 7.87. The molecule has 20 heavy (non-hydrogen) atoms. The minimum Gasteiger partial charge on any atom is -0.304 e. The highest BCUT2D eigenvalue weighted by Gasteiger charge is 2.10. The Kier molecular flexibility index (Phi) is 4.74. The molecule has 0 aromatic carbocycles. The Bertz CT molecular complexity index is 664. The van der Waals surface area contributed by atoms with Gasteiger partial charge in [-0.05, 0) is 32.4 Å². The van der Waals surface area contributed by atoms with E-state index in [2.05, 4.69) is 14.4 Å². The average molecular weight is 296 g/mol. The number of pyridine rings is 1. The van der Waals surface area contributed by atoms with Crippen molar-refractivity contribution in [2.24, 2.45) is 0 Å². The average Bonchev–Trinajstić information content (AvgIpc) is 2.76. The van der Waals surface area contributed by atoms with Crippen LogP contribution in [0.1, 0.15) is 26.1 Å². The van der Waals surface area contributed by atoms with Crippen LogP contribution in [0.5, 0.6) is 0 Å². The molecule has 0 saturated heterocycles. The van der Waals surface area contributed by atoms with Crippen molar-refractivity contribution in [1.82, 2.24) is 18.8 Å². The molecule has 7 heteroatoms. The van der Waals surface area contributed by atoms with Gasteiger partial charge in [-0.2, -0.15) is 13.1 Å². The lowest BCUT2D eigenvalue weighted by Gasteiger charge is -2.10. The summed E-state index contributed by atoms with van der Waals surface area (Å²) in [6, 6.07) is 5.80. The van der Waals surface area contributed by atoms with E-state index in [-0.39, 0.29) is 6.04 Å². The summed E-state index contributed by atoms with van der Waals surface area (Å²) in [5, 5.41) is 0. The van der Waals surface area contributed by atoms with Crippen LogP contribution in [0.25, 0.3) is 5.52 Å². The van der Waals surface area contributed by atoms with Crippen LogP contribution in [0.15, 0.2) is 30.6 Å².